The van der Waals surface area contributed by atoms with Crippen LogP contribution in [0.5, 0.6) is 5.75 Å². The van der Waals surface area contributed by atoms with E-state index in [2.05, 4.69) is 6.92 Å². The first kappa shape index (κ1) is 13.9. The topological polar surface area (TPSA) is 55.6 Å². The van der Waals surface area contributed by atoms with Crippen LogP contribution in [0, 0.1) is 11.3 Å². The van der Waals surface area contributed by atoms with E-state index in [1.54, 1.807) is 19.1 Å². The minimum atomic E-state index is -0.380. The third-order valence-corrected chi connectivity index (χ3v) is 4.07. The summed E-state index contributed by atoms with van der Waals surface area (Å²) in [5, 5.41) is 0. The van der Waals surface area contributed by atoms with Crippen LogP contribution in [0.2, 0.25) is 0 Å². The molecule has 2 N–H and O–H groups in total. The number of nitrogens with zero attached hydrogens (tertiary/aromatic N) is 1. The Morgan fingerprint density at radius 1 is 1.47 bits per heavy atom. The van der Waals surface area contributed by atoms with Gasteiger partial charge in [-0.3, -0.25) is 4.79 Å². The van der Waals surface area contributed by atoms with Gasteiger partial charge in [0.15, 0.2) is 0 Å². The van der Waals surface area contributed by atoms with Crippen LogP contribution in [0.15, 0.2) is 24.3 Å². The van der Waals surface area contributed by atoms with Crippen molar-refractivity contribution in [1.29, 1.82) is 0 Å². The molecule has 1 aliphatic carbocycles. The zero-order chi connectivity index (χ0) is 14.0. The average molecular weight is 262 g/mol. The largest absolute Gasteiger partial charge is 0.495 e. The summed E-state index contributed by atoms with van der Waals surface area (Å²) in [5.74, 6) is 1.38. The van der Waals surface area contributed by atoms with Crippen LogP contribution in [-0.2, 0) is 4.79 Å². The summed E-state index contributed by atoms with van der Waals surface area (Å²) in [5.41, 5.74) is 6.25. The summed E-state index contributed by atoms with van der Waals surface area (Å²) in [6, 6.07) is 7.55. The van der Waals surface area contributed by atoms with Crippen molar-refractivity contribution in [3.05, 3.63) is 24.3 Å². The number of carbonyl (C=O) groups is 1. The molecule has 0 bridgehead atoms. The molecule has 0 atom stereocenters. The normalized spacial score (nSPS) is 25.6. The molecule has 1 aliphatic rings. The van der Waals surface area contributed by atoms with E-state index in [1.807, 2.05) is 24.3 Å². The van der Waals surface area contributed by atoms with Gasteiger partial charge in [-0.1, -0.05) is 19.1 Å². The highest BCUT2D eigenvalue weighted by Crippen LogP contribution is 2.46. The van der Waals surface area contributed by atoms with Crippen molar-refractivity contribution in [2.24, 2.45) is 17.1 Å². The maximum Gasteiger partial charge on any atom is 0.234 e. The number of para-hydroxylation sites is 2. The molecule has 0 saturated heterocycles. The molecule has 1 aromatic rings. The van der Waals surface area contributed by atoms with Gasteiger partial charge in [0, 0.05) is 13.6 Å². The molecular weight excluding hydrogens is 240 g/mol. The lowest BCUT2D eigenvalue weighted by molar-refractivity contribution is -0.134. The number of ether oxygens (including phenoxy) is 1. The van der Waals surface area contributed by atoms with Gasteiger partial charge in [-0.15, -0.1) is 0 Å². The highest BCUT2D eigenvalue weighted by molar-refractivity contribution is 5.99. The minimum Gasteiger partial charge on any atom is -0.495 e. The average Bonchev–Trinajstić information content (AvgIpc) is 2.42. The summed E-state index contributed by atoms with van der Waals surface area (Å²) in [6.07, 6.45) is 1.75. The Kier molecular flexibility index (Phi) is 3.80. The van der Waals surface area contributed by atoms with E-state index in [9.17, 15) is 4.79 Å². The number of anilines is 1. The highest BCUT2D eigenvalue weighted by atomic mass is 16.5. The Hall–Kier alpha value is -1.55. The molecule has 0 unspecified atom stereocenters. The SMILES string of the molecule is COc1ccccc1N(C)C(=O)C1(CN)CC(C)C1. The van der Waals surface area contributed by atoms with Gasteiger partial charge in [0.2, 0.25) is 5.91 Å². The molecule has 1 aromatic carbocycles. The first-order valence-corrected chi connectivity index (χ1v) is 6.65. The molecule has 0 spiro atoms. The van der Waals surface area contributed by atoms with E-state index in [4.69, 9.17) is 10.5 Å². The number of rotatable bonds is 4. The lowest BCUT2D eigenvalue weighted by Gasteiger charge is -2.46. The number of methoxy groups -OCH3 is 1. The molecule has 19 heavy (non-hydrogen) atoms. The fourth-order valence-corrected chi connectivity index (χ4v) is 3.07. The van der Waals surface area contributed by atoms with Gasteiger partial charge in [-0.2, -0.15) is 0 Å². The van der Waals surface area contributed by atoms with Crippen LogP contribution in [0.4, 0.5) is 5.69 Å². The fourth-order valence-electron chi connectivity index (χ4n) is 3.07. The predicted molar refractivity (Wildman–Crippen MR) is 76.3 cm³/mol. The van der Waals surface area contributed by atoms with Gasteiger partial charge < -0.3 is 15.4 Å². The minimum absolute atomic E-state index is 0.0950. The Morgan fingerprint density at radius 2 is 2.11 bits per heavy atom. The predicted octanol–water partition coefficient (Wildman–Crippen LogP) is 2.03. The van der Waals surface area contributed by atoms with Gasteiger partial charge >= 0.3 is 0 Å². The quantitative estimate of drug-likeness (QED) is 0.903. The van der Waals surface area contributed by atoms with Crippen molar-refractivity contribution < 1.29 is 9.53 Å². The second kappa shape index (κ2) is 5.21. The molecule has 4 nitrogen and oxygen atoms in total. The molecule has 0 aromatic heterocycles. The van der Waals surface area contributed by atoms with Crippen molar-refractivity contribution in [2.75, 3.05) is 25.6 Å². The molecule has 0 heterocycles. The number of hydrogen-bond acceptors (Lipinski definition) is 3. The van der Waals surface area contributed by atoms with Gasteiger partial charge in [-0.25, -0.2) is 0 Å². The van der Waals surface area contributed by atoms with E-state index >= 15 is 0 Å². The Morgan fingerprint density at radius 3 is 2.63 bits per heavy atom. The second-order valence-corrected chi connectivity index (χ2v) is 5.53. The maximum atomic E-state index is 12.7. The number of benzene rings is 1. The summed E-state index contributed by atoms with van der Waals surface area (Å²) in [7, 11) is 3.40. The Labute approximate surface area is 114 Å². The summed E-state index contributed by atoms with van der Waals surface area (Å²) in [4.78, 5) is 14.4. The number of hydrogen-bond donors (Lipinski definition) is 1. The van der Waals surface area contributed by atoms with Crippen LogP contribution in [-0.4, -0.2) is 26.6 Å². The van der Waals surface area contributed by atoms with E-state index in [0.29, 0.717) is 18.2 Å². The monoisotopic (exact) mass is 262 g/mol. The number of carbonyl (C=O) groups excluding carboxylic acids is 1. The molecule has 1 amide bonds. The molecule has 1 saturated carbocycles. The van der Waals surface area contributed by atoms with Gasteiger partial charge in [0.25, 0.3) is 0 Å². The zero-order valence-corrected chi connectivity index (χ0v) is 11.8. The second-order valence-electron chi connectivity index (χ2n) is 5.53. The first-order chi connectivity index (χ1) is 9.04. The molecule has 4 heteroatoms. The van der Waals surface area contributed by atoms with Gasteiger partial charge in [0.05, 0.1) is 18.2 Å². The highest BCUT2D eigenvalue weighted by Gasteiger charge is 2.48. The summed E-state index contributed by atoms with van der Waals surface area (Å²) >= 11 is 0. The molecular formula is C15H22N2O2. The van der Waals surface area contributed by atoms with E-state index in [1.165, 1.54) is 0 Å². The van der Waals surface area contributed by atoms with Crippen LogP contribution in [0.1, 0.15) is 19.8 Å². The van der Waals surface area contributed by atoms with E-state index < -0.39 is 0 Å². The van der Waals surface area contributed by atoms with Crippen LogP contribution >= 0.6 is 0 Å². The maximum absolute atomic E-state index is 12.7. The summed E-state index contributed by atoms with van der Waals surface area (Å²) < 4.78 is 5.31. The number of nitrogens with two attached hydrogens (primary N) is 1. The third kappa shape index (κ3) is 2.32. The van der Waals surface area contributed by atoms with Crippen LogP contribution < -0.4 is 15.4 Å². The lowest BCUT2D eigenvalue weighted by Crippen LogP contribution is -2.54. The van der Waals surface area contributed by atoms with Crippen molar-refractivity contribution >= 4 is 11.6 Å². The molecule has 0 radical (unpaired) electrons. The van der Waals surface area contributed by atoms with Crippen molar-refractivity contribution in [2.45, 2.75) is 19.8 Å². The molecule has 2 rings (SSSR count). The number of amides is 1. The summed E-state index contributed by atoms with van der Waals surface area (Å²) in [6.45, 7) is 2.57. The van der Waals surface area contributed by atoms with Crippen LogP contribution in [0.3, 0.4) is 0 Å². The fraction of sp³-hybridized carbons (Fsp3) is 0.533. The molecule has 1 fully saturated rings. The smallest absolute Gasteiger partial charge is 0.234 e. The first-order valence-electron chi connectivity index (χ1n) is 6.65. The van der Waals surface area contributed by atoms with E-state index in [-0.39, 0.29) is 11.3 Å². The Balaban J connectivity index is 2.24. The van der Waals surface area contributed by atoms with Gasteiger partial charge in [-0.05, 0) is 30.9 Å². The zero-order valence-electron chi connectivity index (χ0n) is 11.8. The molecule has 0 aliphatic heterocycles. The van der Waals surface area contributed by atoms with Crippen LogP contribution in [0.25, 0.3) is 0 Å². The van der Waals surface area contributed by atoms with Crippen molar-refractivity contribution in [3.63, 3.8) is 0 Å². The van der Waals surface area contributed by atoms with Crippen molar-refractivity contribution in [3.8, 4) is 5.75 Å². The van der Waals surface area contributed by atoms with Gasteiger partial charge in [0.1, 0.15) is 5.75 Å². The lowest BCUT2D eigenvalue weighted by atomic mass is 9.62. The standard InChI is InChI=1S/C15H22N2O2/c1-11-8-15(9-11,10-16)14(18)17(2)12-6-4-5-7-13(12)19-3/h4-7,11H,8-10,16H2,1-3H3. The Bertz CT molecular complexity index is 467. The van der Waals surface area contributed by atoms with E-state index in [0.717, 1.165) is 18.5 Å². The molecule has 104 valence electrons. The third-order valence-electron chi connectivity index (χ3n) is 4.07. The van der Waals surface area contributed by atoms with Crippen molar-refractivity contribution in [1.82, 2.24) is 0 Å².